The minimum atomic E-state index is -0.261. The highest BCUT2D eigenvalue weighted by Gasteiger charge is 2.25. The normalized spacial score (nSPS) is 15.2. The van der Waals surface area contributed by atoms with Gasteiger partial charge in [-0.1, -0.05) is 0 Å². The molecule has 0 N–H and O–H groups in total. The molecule has 7 nitrogen and oxygen atoms in total. The first-order valence-corrected chi connectivity index (χ1v) is 10.8. The molecular formula is C24H24FN7. The average Bonchev–Trinajstić information content (AvgIpc) is 3.26. The summed E-state index contributed by atoms with van der Waals surface area (Å²) in [6.45, 7) is 4.70. The van der Waals surface area contributed by atoms with Gasteiger partial charge in [-0.15, -0.1) is 0 Å². The molecule has 4 heterocycles. The Bertz CT molecular complexity index is 1180. The van der Waals surface area contributed by atoms with Gasteiger partial charge in [0, 0.05) is 43.6 Å². The lowest BCUT2D eigenvalue weighted by Gasteiger charge is -2.33. The highest BCUT2D eigenvalue weighted by Crippen LogP contribution is 2.35. The van der Waals surface area contributed by atoms with Gasteiger partial charge in [-0.2, -0.15) is 0 Å². The Morgan fingerprint density at radius 1 is 0.969 bits per heavy atom. The van der Waals surface area contributed by atoms with Crippen LogP contribution in [0, 0.1) is 12.7 Å². The third-order valence-electron chi connectivity index (χ3n) is 5.91. The van der Waals surface area contributed by atoms with Crippen molar-refractivity contribution in [2.24, 2.45) is 0 Å². The summed E-state index contributed by atoms with van der Waals surface area (Å²) in [6.07, 6.45) is 9.00. The minimum absolute atomic E-state index is 0.261. The van der Waals surface area contributed by atoms with E-state index in [1.165, 1.54) is 12.1 Å². The summed E-state index contributed by atoms with van der Waals surface area (Å²) in [5.41, 5.74) is 4.50. The topological polar surface area (TPSA) is 72.6 Å². The van der Waals surface area contributed by atoms with Crippen molar-refractivity contribution in [3.8, 4) is 22.6 Å². The minimum Gasteiger partial charge on any atom is -0.326 e. The first kappa shape index (κ1) is 20.4. The van der Waals surface area contributed by atoms with Gasteiger partial charge in [-0.05, 0) is 56.2 Å². The molecule has 5 rings (SSSR count). The van der Waals surface area contributed by atoms with E-state index >= 15 is 0 Å². The predicted molar refractivity (Wildman–Crippen MR) is 119 cm³/mol. The fourth-order valence-electron chi connectivity index (χ4n) is 4.32. The molecule has 32 heavy (non-hydrogen) atoms. The van der Waals surface area contributed by atoms with E-state index in [9.17, 15) is 4.39 Å². The van der Waals surface area contributed by atoms with Crippen LogP contribution >= 0.6 is 0 Å². The van der Waals surface area contributed by atoms with E-state index in [1.807, 2.05) is 31.6 Å². The van der Waals surface area contributed by atoms with E-state index in [1.54, 1.807) is 24.7 Å². The maximum Gasteiger partial charge on any atom is 0.125 e. The molecule has 0 atom stereocenters. The Hall–Kier alpha value is -3.52. The Morgan fingerprint density at radius 2 is 1.78 bits per heavy atom. The predicted octanol–water partition coefficient (Wildman–Crippen LogP) is 4.08. The summed E-state index contributed by atoms with van der Waals surface area (Å²) in [5, 5.41) is 0. The lowest BCUT2D eigenvalue weighted by atomic mass is 10.0. The number of hydrogen-bond acceptors (Lipinski definition) is 6. The first-order valence-electron chi connectivity index (χ1n) is 10.8. The Morgan fingerprint density at radius 3 is 2.50 bits per heavy atom. The number of aromatic nitrogens is 6. The maximum absolute atomic E-state index is 13.5. The van der Waals surface area contributed by atoms with Gasteiger partial charge in [-0.25, -0.2) is 29.3 Å². The smallest absolute Gasteiger partial charge is 0.125 e. The summed E-state index contributed by atoms with van der Waals surface area (Å²) in [4.78, 5) is 24.4. The van der Waals surface area contributed by atoms with Crippen molar-refractivity contribution >= 4 is 0 Å². The van der Waals surface area contributed by atoms with Crippen LogP contribution in [0.2, 0.25) is 0 Å². The molecule has 0 saturated carbocycles. The Labute approximate surface area is 186 Å². The van der Waals surface area contributed by atoms with E-state index in [4.69, 9.17) is 4.98 Å². The molecule has 0 bridgehead atoms. The van der Waals surface area contributed by atoms with Crippen molar-refractivity contribution in [2.75, 3.05) is 13.1 Å². The van der Waals surface area contributed by atoms with Crippen LogP contribution in [0.1, 0.15) is 30.4 Å². The quantitative estimate of drug-likeness (QED) is 0.476. The second-order valence-electron chi connectivity index (χ2n) is 8.05. The molecule has 0 amide bonds. The number of benzene rings is 1. The fraction of sp³-hybridized carbons (Fsp3) is 0.292. The van der Waals surface area contributed by atoms with Crippen LogP contribution in [0.4, 0.5) is 4.39 Å². The molecule has 0 unspecified atom stereocenters. The van der Waals surface area contributed by atoms with Crippen LogP contribution in [0.25, 0.3) is 22.6 Å². The number of rotatable bonds is 5. The average molecular weight is 430 g/mol. The van der Waals surface area contributed by atoms with Gasteiger partial charge in [0.1, 0.15) is 18.0 Å². The monoisotopic (exact) mass is 429 g/mol. The van der Waals surface area contributed by atoms with Crippen molar-refractivity contribution in [3.05, 3.63) is 78.8 Å². The molecule has 0 spiro atoms. The molecule has 1 fully saturated rings. The van der Waals surface area contributed by atoms with Crippen LogP contribution in [-0.4, -0.2) is 47.5 Å². The lowest BCUT2D eigenvalue weighted by Crippen LogP contribution is -2.34. The number of imidazole rings is 1. The van der Waals surface area contributed by atoms with Crippen LogP contribution in [0.15, 0.2) is 61.4 Å². The van der Waals surface area contributed by atoms with Gasteiger partial charge >= 0.3 is 0 Å². The number of piperidine rings is 1. The van der Waals surface area contributed by atoms with Gasteiger partial charge in [0.05, 0.1) is 29.1 Å². The molecule has 1 aliphatic rings. The Kier molecular flexibility index (Phi) is 5.68. The fourth-order valence-corrected chi connectivity index (χ4v) is 4.32. The van der Waals surface area contributed by atoms with Gasteiger partial charge < -0.3 is 4.57 Å². The van der Waals surface area contributed by atoms with Crippen LogP contribution in [0.5, 0.6) is 0 Å². The number of likely N-dealkylation sites (tertiary alicyclic amines) is 1. The molecule has 1 saturated heterocycles. The van der Waals surface area contributed by atoms with Gasteiger partial charge in [0.15, 0.2) is 0 Å². The van der Waals surface area contributed by atoms with E-state index in [0.717, 1.165) is 66.6 Å². The number of hydrogen-bond donors (Lipinski definition) is 0. The summed E-state index contributed by atoms with van der Waals surface area (Å²) in [5.74, 6) is 0.543. The standard InChI is InChI=1S/C24H24FN7/c1-17-27-11-6-20(30-17)14-31-12-8-21(9-13-31)32-16-29-23(18-2-4-19(25)5-3-18)24(32)22-7-10-26-15-28-22/h2-7,10-11,15-16,21H,8-9,12-14H2,1H3. The largest absolute Gasteiger partial charge is 0.326 e. The van der Waals surface area contributed by atoms with Gasteiger partial charge in [0.25, 0.3) is 0 Å². The van der Waals surface area contributed by atoms with Crippen LogP contribution in [0.3, 0.4) is 0 Å². The second-order valence-corrected chi connectivity index (χ2v) is 8.05. The highest BCUT2D eigenvalue weighted by atomic mass is 19.1. The molecule has 4 aromatic rings. The molecular weight excluding hydrogens is 405 g/mol. The first-order chi connectivity index (χ1) is 15.7. The maximum atomic E-state index is 13.5. The highest BCUT2D eigenvalue weighted by molar-refractivity contribution is 5.76. The molecule has 1 aliphatic heterocycles. The third-order valence-corrected chi connectivity index (χ3v) is 5.91. The summed E-state index contributed by atoms with van der Waals surface area (Å²) >= 11 is 0. The Balaban J connectivity index is 1.40. The summed E-state index contributed by atoms with van der Waals surface area (Å²) in [7, 11) is 0. The van der Waals surface area contributed by atoms with Crippen molar-refractivity contribution < 1.29 is 4.39 Å². The summed E-state index contributed by atoms with van der Waals surface area (Å²) in [6, 6.07) is 10.6. The van der Waals surface area contributed by atoms with E-state index in [-0.39, 0.29) is 5.82 Å². The van der Waals surface area contributed by atoms with Crippen molar-refractivity contribution in [2.45, 2.75) is 32.4 Å². The SMILES string of the molecule is Cc1nccc(CN2CCC(n3cnc(-c4ccc(F)cc4)c3-c3ccncn3)CC2)n1. The molecule has 3 aromatic heterocycles. The van der Waals surface area contributed by atoms with Gasteiger partial charge in [-0.3, -0.25) is 4.90 Å². The zero-order chi connectivity index (χ0) is 21.9. The van der Waals surface area contributed by atoms with Crippen molar-refractivity contribution in [3.63, 3.8) is 0 Å². The van der Waals surface area contributed by atoms with E-state index < -0.39 is 0 Å². The third kappa shape index (κ3) is 4.27. The van der Waals surface area contributed by atoms with Crippen LogP contribution in [-0.2, 0) is 6.54 Å². The van der Waals surface area contributed by atoms with Crippen molar-refractivity contribution in [1.82, 2.24) is 34.4 Å². The van der Waals surface area contributed by atoms with Crippen molar-refractivity contribution in [1.29, 1.82) is 0 Å². The molecule has 0 radical (unpaired) electrons. The zero-order valence-corrected chi connectivity index (χ0v) is 17.9. The van der Waals surface area contributed by atoms with Crippen LogP contribution < -0.4 is 0 Å². The molecule has 8 heteroatoms. The molecule has 0 aliphatic carbocycles. The van der Waals surface area contributed by atoms with E-state index in [0.29, 0.717) is 6.04 Å². The number of aryl methyl sites for hydroxylation is 1. The lowest BCUT2D eigenvalue weighted by molar-refractivity contribution is 0.178. The number of halogens is 1. The van der Waals surface area contributed by atoms with Gasteiger partial charge in [0.2, 0.25) is 0 Å². The molecule has 1 aromatic carbocycles. The molecule has 162 valence electrons. The van der Waals surface area contributed by atoms with E-state index in [2.05, 4.69) is 29.4 Å². The second kappa shape index (κ2) is 8.92. The summed E-state index contributed by atoms with van der Waals surface area (Å²) < 4.78 is 15.7. The number of nitrogens with zero attached hydrogens (tertiary/aromatic N) is 7. The zero-order valence-electron chi connectivity index (χ0n) is 17.9.